The van der Waals surface area contributed by atoms with Crippen molar-refractivity contribution in [3.05, 3.63) is 22.4 Å². The molecule has 1 heterocycles. The topological polar surface area (TPSA) is 68.0 Å². The number of rotatable bonds is 3. The van der Waals surface area contributed by atoms with Crippen molar-refractivity contribution >= 4 is 5.71 Å². The first-order chi connectivity index (χ1) is 5.72. The van der Waals surface area contributed by atoms with Crippen molar-refractivity contribution in [2.45, 2.75) is 6.42 Å². The molecule has 0 spiro atoms. The first-order valence-corrected chi connectivity index (χ1v) is 3.43. The van der Waals surface area contributed by atoms with Crippen LogP contribution < -0.4 is 0 Å². The summed E-state index contributed by atoms with van der Waals surface area (Å²) >= 11 is 0. The molecule has 0 atom stereocenters. The molecule has 1 aliphatic heterocycles. The van der Waals surface area contributed by atoms with Gasteiger partial charge in [0, 0.05) is 12.5 Å². The molecule has 0 N–H and O–H groups in total. The Hall–Kier alpha value is -1.43. The predicted octanol–water partition coefficient (Wildman–Crippen LogP) is 0.400. The Kier molecular flexibility index (Phi) is 2.76. The SMILES string of the molecule is CON1CCC(C=C[N+](=O)[O-])=N1. The summed E-state index contributed by atoms with van der Waals surface area (Å²) in [5.41, 5.74) is 0.661. The summed E-state index contributed by atoms with van der Waals surface area (Å²) in [6.45, 7) is 0.647. The maximum Gasteiger partial charge on any atom is 0.236 e. The molecule has 6 heteroatoms. The molecule has 0 aromatic carbocycles. The number of hydrogen-bond donors (Lipinski definition) is 0. The van der Waals surface area contributed by atoms with Gasteiger partial charge in [-0.3, -0.25) is 15.0 Å². The van der Waals surface area contributed by atoms with E-state index in [-0.39, 0.29) is 0 Å². The van der Waals surface area contributed by atoms with Gasteiger partial charge in [-0.25, -0.2) is 0 Å². The number of allylic oxidation sites excluding steroid dienone is 1. The third-order valence-electron chi connectivity index (χ3n) is 1.40. The van der Waals surface area contributed by atoms with Crippen LogP contribution in [0.2, 0.25) is 0 Å². The van der Waals surface area contributed by atoms with Gasteiger partial charge in [0.2, 0.25) is 6.20 Å². The van der Waals surface area contributed by atoms with Gasteiger partial charge in [-0.15, -0.1) is 0 Å². The smallest absolute Gasteiger partial charge is 0.236 e. The Morgan fingerprint density at radius 3 is 3.08 bits per heavy atom. The molecule has 0 unspecified atom stereocenters. The van der Waals surface area contributed by atoms with Crippen molar-refractivity contribution < 1.29 is 9.76 Å². The molecule has 0 radical (unpaired) electrons. The van der Waals surface area contributed by atoms with E-state index in [1.165, 1.54) is 18.4 Å². The van der Waals surface area contributed by atoms with Crippen LogP contribution in [0.1, 0.15) is 6.42 Å². The van der Waals surface area contributed by atoms with Crippen LogP contribution in [-0.4, -0.2) is 29.5 Å². The van der Waals surface area contributed by atoms with Gasteiger partial charge in [0.1, 0.15) is 0 Å². The number of hydroxylamine groups is 1. The molecule has 0 aromatic heterocycles. The summed E-state index contributed by atoms with van der Waals surface area (Å²) in [7, 11) is 1.50. The highest BCUT2D eigenvalue weighted by molar-refractivity contribution is 5.95. The van der Waals surface area contributed by atoms with E-state index in [0.717, 1.165) is 6.20 Å². The van der Waals surface area contributed by atoms with Crippen LogP contribution in [0.4, 0.5) is 0 Å². The second-order valence-electron chi connectivity index (χ2n) is 2.20. The quantitative estimate of drug-likeness (QED) is 0.455. The van der Waals surface area contributed by atoms with Crippen LogP contribution in [0.25, 0.3) is 0 Å². The van der Waals surface area contributed by atoms with E-state index in [2.05, 4.69) is 5.10 Å². The Labute approximate surface area is 69.2 Å². The van der Waals surface area contributed by atoms with Crippen molar-refractivity contribution in [1.29, 1.82) is 0 Å². The second kappa shape index (κ2) is 3.82. The molecule has 0 saturated carbocycles. The zero-order valence-electron chi connectivity index (χ0n) is 6.64. The van der Waals surface area contributed by atoms with Crippen LogP contribution in [0, 0.1) is 10.1 Å². The summed E-state index contributed by atoms with van der Waals surface area (Å²) in [5.74, 6) is 0. The van der Waals surface area contributed by atoms with E-state index >= 15 is 0 Å². The predicted molar refractivity (Wildman–Crippen MR) is 41.9 cm³/mol. The number of hydrogen-bond acceptors (Lipinski definition) is 5. The second-order valence-corrected chi connectivity index (χ2v) is 2.20. The summed E-state index contributed by atoms with van der Waals surface area (Å²) in [5, 5.41) is 15.2. The molecule has 12 heavy (non-hydrogen) atoms. The standard InChI is InChI=1S/C6H9N3O3/c1-12-8-4-2-6(7-8)3-5-9(10)11/h3,5H,2,4H2,1H3. The lowest BCUT2D eigenvalue weighted by atomic mass is 10.3. The third kappa shape index (κ3) is 2.31. The maximum absolute atomic E-state index is 9.93. The molecule has 0 aromatic rings. The lowest BCUT2D eigenvalue weighted by molar-refractivity contribution is -0.402. The summed E-state index contributed by atoms with van der Waals surface area (Å²) in [4.78, 5) is 14.2. The summed E-state index contributed by atoms with van der Waals surface area (Å²) < 4.78 is 0. The van der Waals surface area contributed by atoms with Crippen LogP contribution in [0.3, 0.4) is 0 Å². The lowest BCUT2D eigenvalue weighted by Crippen LogP contribution is -2.10. The molecular formula is C6H9N3O3. The van der Waals surface area contributed by atoms with Gasteiger partial charge in [0.15, 0.2) is 0 Å². The minimum Gasteiger partial charge on any atom is -0.260 e. The molecule has 0 aliphatic carbocycles. The van der Waals surface area contributed by atoms with E-state index in [0.29, 0.717) is 18.7 Å². The summed E-state index contributed by atoms with van der Waals surface area (Å²) in [6, 6.07) is 0. The van der Waals surface area contributed by atoms with Crippen LogP contribution >= 0.6 is 0 Å². The van der Waals surface area contributed by atoms with E-state index in [1.54, 1.807) is 0 Å². The zero-order chi connectivity index (χ0) is 8.97. The Morgan fingerprint density at radius 2 is 2.58 bits per heavy atom. The highest BCUT2D eigenvalue weighted by Gasteiger charge is 2.11. The van der Waals surface area contributed by atoms with Gasteiger partial charge < -0.3 is 0 Å². The molecule has 6 nitrogen and oxygen atoms in total. The van der Waals surface area contributed by atoms with Crippen molar-refractivity contribution in [3.8, 4) is 0 Å². The van der Waals surface area contributed by atoms with E-state index in [1.807, 2.05) is 0 Å². The fourth-order valence-electron chi connectivity index (χ4n) is 0.849. The van der Waals surface area contributed by atoms with Gasteiger partial charge in [-0.2, -0.15) is 10.3 Å². The fraction of sp³-hybridized carbons (Fsp3) is 0.500. The zero-order valence-corrected chi connectivity index (χ0v) is 6.64. The van der Waals surface area contributed by atoms with Crippen molar-refractivity contribution in [3.63, 3.8) is 0 Å². The largest absolute Gasteiger partial charge is 0.260 e. The molecule has 0 bridgehead atoms. The first-order valence-electron chi connectivity index (χ1n) is 3.43. The van der Waals surface area contributed by atoms with Crippen LogP contribution in [0.15, 0.2) is 17.4 Å². The van der Waals surface area contributed by atoms with Gasteiger partial charge >= 0.3 is 0 Å². The van der Waals surface area contributed by atoms with Crippen molar-refractivity contribution in [1.82, 2.24) is 5.17 Å². The highest BCUT2D eigenvalue weighted by atomic mass is 16.7. The first kappa shape index (κ1) is 8.66. The Morgan fingerprint density at radius 1 is 1.83 bits per heavy atom. The average molecular weight is 171 g/mol. The monoisotopic (exact) mass is 171 g/mol. The van der Waals surface area contributed by atoms with E-state index in [9.17, 15) is 10.1 Å². The minimum atomic E-state index is -0.516. The Bertz CT molecular complexity index is 236. The van der Waals surface area contributed by atoms with Gasteiger partial charge in [-0.1, -0.05) is 0 Å². The molecule has 0 saturated heterocycles. The maximum atomic E-state index is 9.93. The van der Waals surface area contributed by atoms with Gasteiger partial charge in [-0.05, 0) is 0 Å². The van der Waals surface area contributed by atoms with E-state index < -0.39 is 4.92 Å². The van der Waals surface area contributed by atoms with Gasteiger partial charge in [0.05, 0.1) is 24.3 Å². The molecule has 1 aliphatic rings. The molecule has 0 amide bonds. The number of hydrazone groups is 1. The average Bonchev–Trinajstić information content (AvgIpc) is 2.48. The molecule has 1 rings (SSSR count). The van der Waals surface area contributed by atoms with Crippen LogP contribution in [-0.2, 0) is 4.84 Å². The highest BCUT2D eigenvalue weighted by Crippen LogP contribution is 2.05. The van der Waals surface area contributed by atoms with Crippen LogP contribution in [0.5, 0.6) is 0 Å². The molecule has 66 valence electrons. The van der Waals surface area contributed by atoms with E-state index in [4.69, 9.17) is 4.84 Å². The third-order valence-corrected chi connectivity index (χ3v) is 1.40. The molecule has 0 fully saturated rings. The summed E-state index contributed by atoms with van der Waals surface area (Å²) in [6.07, 6.45) is 2.93. The van der Waals surface area contributed by atoms with Gasteiger partial charge in [0.25, 0.3) is 0 Å². The molecular weight excluding hydrogens is 162 g/mol. The normalized spacial score (nSPS) is 17.1. The van der Waals surface area contributed by atoms with Crippen molar-refractivity contribution in [2.75, 3.05) is 13.7 Å². The Balaban J connectivity index is 2.49. The number of nitrogens with zero attached hydrogens (tertiary/aromatic N) is 3. The lowest BCUT2D eigenvalue weighted by Gasteiger charge is -2.06. The minimum absolute atomic E-state index is 0.516. The fourth-order valence-corrected chi connectivity index (χ4v) is 0.849. The van der Waals surface area contributed by atoms with Crippen molar-refractivity contribution in [2.24, 2.45) is 5.10 Å². The number of nitro groups is 1.